The zero-order valence-corrected chi connectivity index (χ0v) is 11.5. The maximum Gasteiger partial charge on any atom is 2.00 e. The number of carbonyl (C=O) groups is 3. The third-order valence-electron chi connectivity index (χ3n) is 0.715. The Morgan fingerprint density at radius 1 is 0.824 bits per heavy atom. The minimum absolute atomic E-state index is 0. The molecule has 0 aromatic heterocycles. The second-order valence-corrected chi connectivity index (χ2v) is 2.31. The smallest absolute Gasteiger partial charge is 1.00 e. The molecule has 9 nitrogen and oxygen atoms in total. The van der Waals surface area contributed by atoms with Crippen molar-refractivity contribution in [3.8, 4) is 0 Å². The average Bonchev–Trinajstić information content (AvgIpc) is 2.03. The van der Waals surface area contributed by atoms with E-state index >= 15 is 0 Å². The van der Waals surface area contributed by atoms with Gasteiger partial charge in [-0.1, -0.05) is 0 Å². The molecule has 0 amide bonds. The molecule has 0 rings (SSSR count). The van der Waals surface area contributed by atoms with Crippen molar-refractivity contribution >= 4 is 55.8 Å². The van der Waals surface area contributed by atoms with Crippen molar-refractivity contribution in [2.24, 2.45) is 0 Å². The van der Waals surface area contributed by atoms with E-state index in [0.29, 0.717) is 0 Å². The standard InChI is InChI=1S/2C3H6O3.CH2O3.Ca.2H/c2*1-2(4)3(5)6;2-1(3)4;;;/h2*2,4H,1H3,(H,5,6);(H2,2,3,4);;;/q;;;+2;2*-1. The summed E-state index contributed by atoms with van der Waals surface area (Å²) in [6.45, 7) is 2.39. The van der Waals surface area contributed by atoms with Crippen LogP contribution in [0.25, 0.3) is 0 Å². The topological polar surface area (TPSA) is 173 Å². The third kappa shape index (κ3) is 50.5. The summed E-state index contributed by atoms with van der Waals surface area (Å²) in [6, 6.07) is 0. The summed E-state index contributed by atoms with van der Waals surface area (Å²) in [5.74, 6) is -2.37. The molecule has 0 fully saturated rings. The molecule has 0 aromatic carbocycles. The molecule has 10 heteroatoms. The van der Waals surface area contributed by atoms with Gasteiger partial charge >= 0.3 is 55.8 Å². The molecule has 2 atom stereocenters. The van der Waals surface area contributed by atoms with Crippen LogP contribution in [0, 0.1) is 0 Å². The number of carboxylic acids is 2. The molecular weight excluding hydrogens is 268 g/mol. The minimum atomic E-state index is -1.83. The number of aliphatic hydroxyl groups excluding tert-OH is 2. The largest absolute Gasteiger partial charge is 2.00 e. The van der Waals surface area contributed by atoms with Gasteiger partial charge in [-0.3, -0.25) is 0 Å². The molecule has 0 saturated carbocycles. The maximum atomic E-state index is 9.45. The Balaban J connectivity index is -0.0000000315. The van der Waals surface area contributed by atoms with E-state index in [4.69, 9.17) is 35.4 Å². The van der Waals surface area contributed by atoms with E-state index < -0.39 is 30.3 Å². The van der Waals surface area contributed by atoms with Gasteiger partial charge < -0.3 is 33.5 Å². The quantitative estimate of drug-likeness (QED) is 0.346. The molecule has 0 radical (unpaired) electrons. The molecule has 0 bridgehead atoms. The second-order valence-electron chi connectivity index (χ2n) is 2.31. The molecule has 17 heavy (non-hydrogen) atoms. The molecule has 100 valence electrons. The van der Waals surface area contributed by atoms with Crippen LogP contribution >= 0.6 is 0 Å². The summed E-state index contributed by atoms with van der Waals surface area (Å²) in [4.78, 5) is 27.5. The van der Waals surface area contributed by atoms with E-state index in [0.717, 1.165) is 0 Å². The van der Waals surface area contributed by atoms with Crippen LogP contribution in [0.4, 0.5) is 4.79 Å². The fraction of sp³-hybridized carbons (Fsp3) is 0.571. The third-order valence-corrected chi connectivity index (χ3v) is 0.715. The van der Waals surface area contributed by atoms with Crippen LogP contribution in [-0.4, -0.2) is 98.7 Å². The summed E-state index contributed by atoms with van der Waals surface area (Å²) in [6.07, 6.45) is -4.30. The SMILES string of the molecule is CC(O)C(=O)O.CC(O)C(=O)O.O=C(O)O.[Ca+2].[H-].[H-]. The number of hydrogen-bond acceptors (Lipinski definition) is 5. The molecule has 0 saturated heterocycles. The van der Waals surface area contributed by atoms with E-state index in [-0.39, 0.29) is 40.6 Å². The van der Waals surface area contributed by atoms with Crippen molar-refractivity contribution in [3.63, 3.8) is 0 Å². The molecule has 2 unspecified atom stereocenters. The van der Waals surface area contributed by atoms with E-state index in [2.05, 4.69) is 0 Å². The monoisotopic (exact) mass is 284 g/mol. The first-order valence-corrected chi connectivity index (χ1v) is 3.76. The Bertz CT molecular complexity index is 213. The van der Waals surface area contributed by atoms with Gasteiger partial charge in [0.15, 0.2) is 0 Å². The average molecular weight is 284 g/mol. The summed E-state index contributed by atoms with van der Waals surface area (Å²) >= 11 is 0. The van der Waals surface area contributed by atoms with Crippen molar-refractivity contribution in [2.75, 3.05) is 0 Å². The van der Waals surface area contributed by atoms with Gasteiger partial charge in [-0.05, 0) is 13.8 Å². The number of carboxylic acid groups (broad SMARTS) is 4. The van der Waals surface area contributed by atoms with E-state index in [1.165, 1.54) is 13.8 Å². The fourth-order valence-corrected chi connectivity index (χ4v) is 0. The predicted octanol–water partition coefficient (Wildman–Crippen LogP) is -1.03. The zero-order chi connectivity index (χ0) is 13.9. The van der Waals surface area contributed by atoms with Crippen LogP contribution in [0.5, 0.6) is 0 Å². The van der Waals surface area contributed by atoms with Crippen LogP contribution in [0.1, 0.15) is 16.7 Å². The van der Waals surface area contributed by atoms with Gasteiger partial charge in [0.25, 0.3) is 0 Å². The molecule has 0 heterocycles. The Hall–Kier alpha value is -0.610. The van der Waals surface area contributed by atoms with Crippen molar-refractivity contribution in [1.29, 1.82) is 0 Å². The van der Waals surface area contributed by atoms with Crippen LogP contribution < -0.4 is 0 Å². The Morgan fingerprint density at radius 3 is 0.882 bits per heavy atom. The Kier molecular flexibility index (Phi) is 22.9. The predicted molar refractivity (Wildman–Crippen MR) is 57.3 cm³/mol. The summed E-state index contributed by atoms with van der Waals surface area (Å²) in [5.41, 5.74) is 0. The van der Waals surface area contributed by atoms with Gasteiger partial charge in [0.2, 0.25) is 0 Å². The van der Waals surface area contributed by atoms with Crippen LogP contribution in [-0.2, 0) is 9.59 Å². The normalized spacial score (nSPS) is 11.1. The number of aliphatic carboxylic acids is 2. The zero-order valence-electron chi connectivity index (χ0n) is 11.3. The first-order valence-electron chi connectivity index (χ1n) is 3.76. The molecule has 6 N–H and O–H groups in total. The fourth-order valence-electron chi connectivity index (χ4n) is 0. The van der Waals surface area contributed by atoms with Gasteiger partial charge in [0.05, 0.1) is 0 Å². The Labute approximate surface area is 129 Å². The molecular formula is C7H16CaO9. The van der Waals surface area contributed by atoms with E-state index in [1.807, 2.05) is 0 Å². The maximum absolute atomic E-state index is 9.45. The van der Waals surface area contributed by atoms with Crippen LogP contribution in [0.2, 0.25) is 0 Å². The molecule has 0 spiro atoms. The van der Waals surface area contributed by atoms with Gasteiger partial charge in [-0.25, -0.2) is 14.4 Å². The van der Waals surface area contributed by atoms with E-state index in [1.54, 1.807) is 0 Å². The number of hydrogen-bond donors (Lipinski definition) is 6. The van der Waals surface area contributed by atoms with Crippen molar-refractivity contribution in [2.45, 2.75) is 26.1 Å². The van der Waals surface area contributed by atoms with Crippen LogP contribution in [0.3, 0.4) is 0 Å². The first kappa shape index (κ1) is 25.3. The number of aliphatic hydroxyl groups is 2. The molecule has 0 aliphatic rings. The molecule has 0 aliphatic carbocycles. The van der Waals surface area contributed by atoms with Crippen molar-refractivity contribution < 1.29 is 47.9 Å². The second kappa shape index (κ2) is 15.4. The first-order chi connectivity index (χ1) is 7.02. The van der Waals surface area contributed by atoms with E-state index in [9.17, 15) is 9.59 Å². The van der Waals surface area contributed by atoms with Gasteiger partial charge in [0.1, 0.15) is 12.2 Å². The number of rotatable bonds is 2. The minimum Gasteiger partial charge on any atom is -1.00 e. The van der Waals surface area contributed by atoms with Gasteiger partial charge in [-0.2, -0.15) is 0 Å². The summed E-state index contributed by atoms with van der Waals surface area (Å²) in [5, 5.41) is 45.5. The molecule has 0 aliphatic heterocycles. The summed E-state index contributed by atoms with van der Waals surface area (Å²) < 4.78 is 0. The Morgan fingerprint density at radius 2 is 0.882 bits per heavy atom. The van der Waals surface area contributed by atoms with Gasteiger partial charge in [-0.15, -0.1) is 0 Å². The van der Waals surface area contributed by atoms with Gasteiger partial charge in [0, 0.05) is 0 Å². The van der Waals surface area contributed by atoms with Crippen molar-refractivity contribution in [3.05, 3.63) is 0 Å². The molecule has 0 aromatic rings. The summed E-state index contributed by atoms with van der Waals surface area (Å²) in [7, 11) is 0. The van der Waals surface area contributed by atoms with Crippen molar-refractivity contribution in [1.82, 2.24) is 0 Å². The van der Waals surface area contributed by atoms with Crippen LogP contribution in [0.15, 0.2) is 0 Å².